The highest BCUT2D eigenvalue weighted by Gasteiger charge is 2.41. The maximum Gasteiger partial charge on any atom is 0.417 e. The van der Waals surface area contributed by atoms with Gasteiger partial charge in [-0.1, -0.05) is 54.1 Å². The second kappa shape index (κ2) is 12.4. The van der Waals surface area contributed by atoms with E-state index in [0.717, 1.165) is 37.4 Å². The molecule has 3 aromatic carbocycles. The molecule has 9 heteroatoms. The van der Waals surface area contributed by atoms with Crippen LogP contribution in [0.15, 0.2) is 78.9 Å². The Morgan fingerprint density at radius 3 is 2.48 bits per heavy atom. The van der Waals surface area contributed by atoms with Gasteiger partial charge < -0.3 is 9.47 Å². The van der Waals surface area contributed by atoms with E-state index in [1.807, 2.05) is 54.6 Å². The number of rotatable bonds is 11. The van der Waals surface area contributed by atoms with E-state index in [2.05, 4.69) is 6.92 Å². The molecule has 204 valence electrons. The van der Waals surface area contributed by atoms with E-state index in [0.29, 0.717) is 36.5 Å². The zero-order valence-electron chi connectivity index (χ0n) is 21.8. The summed E-state index contributed by atoms with van der Waals surface area (Å²) in [4.78, 5) is 44.2. The number of imide groups is 1. The van der Waals surface area contributed by atoms with Crippen LogP contribution in [0, 0.1) is 6.92 Å². The maximum atomic E-state index is 12.7. The summed E-state index contributed by atoms with van der Waals surface area (Å²) in [6.07, 6.45) is 0.0572. The Morgan fingerprint density at radius 2 is 1.75 bits per heavy atom. The summed E-state index contributed by atoms with van der Waals surface area (Å²) in [5.41, 5.74) is 3.47. The number of thiazole rings is 1. The van der Waals surface area contributed by atoms with Gasteiger partial charge in [0.05, 0.1) is 12.2 Å². The predicted molar refractivity (Wildman–Crippen MR) is 154 cm³/mol. The normalized spacial score (nSPS) is 14.8. The molecule has 0 spiro atoms. The van der Waals surface area contributed by atoms with Crippen molar-refractivity contribution < 1.29 is 23.9 Å². The number of nitrogens with zero attached hydrogens (tertiary/aromatic N) is 2. The summed E-state index contributed by atoms with van der Waals surface area (Å²) in [5, 5.41) is 1.48. The molecule has 1 atom stereocenters. The minimum absolute atomic E-state index is 0.355. The fourth-order valence-electron chi connectivity index (χ4n) is 4.36. The Morgan fingerprint density at radius 1 is 1.02 bits per heavy atom. The van der Waals surface area contributed by atoms with Crippen LogP contribution in [0.3, 0.4) is 0 Å². The smallest absolute Gasteiger partial charge is 0.417 e. The number of carbonyl (C=O) groups excluding carboxylic acids is 3. The molecular formula is C31H27ClN2O5S. The molecule has 1 fully saturated rings. The van der Waals surface area contributed by atoms with Crippen molar-refractivity contribution >= 4 is 40.7 Å². The van der Waals surface area contributed by atoms with E-state index in [1.54, 1.807) is 35.6 Å². The van der Waals surface area contributed by atoms with E-state index in [9.17, 15) is 14.4 Å². The molecule has 0 aliphatic carbocycles. The van der Waals surface area contributed by atoms with Gasteiger partial charge in [-0.2, -0.15) is 0 Å². The first-order valence-electron chi connectivity index (χ1n) is 12.9. The summed E-state index contributed by atoms with van der Waals surface area (Å²) >= 11 is 7.51. The molecule has 0 N–H and O–H groups in total. The second-order valence-electron chi connectivity index (χ2n) is 9.44. The van der Waals surface area contributed by atoms with Crippen molar-refractivity contribution in [2.45, 2.75) is 38.9 Å². The summed E-state index contributed by atoms with van der Waals surface area (Å²) in [7, 11) is 0. The average molecular weight is 575 g/mol. The molecule has 0 unspecified atom stereocenters. The molecule has 2 amide bonds. The zero-order valence-corrected chi connectivity index (χ0v) is 23.4. The maximum absolute atomic E-state index is 12.7. The summed E-state index contributed by atoms with van der Waals surface area (Å²) < 4.78 is 11.2. The van der Waals surface area contributed by atoms with Crippen molar-refractivity contribution in [2.75, 3.05) is 6.54 Å². The standard InChI is InChI=1S/C31H27ClN2O5S/c1-20-26(33-29(40-20)23-7-3-2-4-8-23)19-38-25-16-10-21(11-17-25)6-5-9-28-30(36)34(31(37)39-28)18-27(35)22-12-14-24(32)15-13-22/h2-4,7-8,10-17,28H,5-6,9,18-19H2,1H3/t28-/m1/s1. The molecule has 7 nitrogen and oxygen atoms in total. The Labute approximate surface area is 241 Å². The summed E-state index contributed by atoms with van der Waals surface area (Å²) in [6, 6.07) is 24.2. The van der Waals surface area contributed by atoms with E-state index in [4.69, 9.17) is 26.1 Å². The van der Waals surface area contributed by atoms with Crippen LogP contribution in [0.2, 0.25) is 5.02 Å². The third kappa shape index (κ3) is 6.58. The third-order valence-electron chi connectivity index (χ3n) is 6.62. The van der Waals surface area contributed by atoms with Crippen LogP contribution in [0.25, 0.3) is 10.6 Å². The first kappa shape index (κ1) is 27.6. The van der Waals surface area contributed by atoms with Gasteiger partial charge in [-0.3, -0.25) is 9.59 Å². The van der Waals surface area contributed by atoms with Crippen molar-refractivity contribution in [3.8, 4) is 16.3 Å². The fourth-order valence-corrected chi connectivity index (χ4v) is 5.40. The van der Waals surface area contributed by atoms with Crippen LogP contribution in [-0.4, -0.2) is 40.3 Å². The molecule has 2 heterocycles. The molecule has 0 radical (unpaired) electrons. The number of hydrogen-bond donors (Lipinski definition) is 0. The van der Waals surface area contributed by atoms with Gasteiger partial charge in [-0.05, 0) is 68.1 Å². The van der Waals surface area contributed by atoms with E-state index in [-0.39, 0.29) is 12.3 Å². The number of halogens is 1. The Balaban J connectivity index is 1.08. The van der Waals surface area contributed by atoms with E-state index in [1.165, 1.54) is 0 Å². The van der Waals surface area contributed by atoms with E-state index >= 15 is 0 Å². The van der Waals surface area contributed by atoms with Crippen LogP contribution >= 0.6 is 22.9 Å². The summed E-state index contributed by atoms with van der Waals surface area (Å²) in [6.45, 7) is 2.08. The van der Waals surface area contributed by atoms with Gasteiger partial charge in [0.1, 0.15) is 17.4 Å². The fraction of sp³-hybridized carbons (Fsp3) is 0.226. The first-order valence-corrected chi connectivity index (χ1v) is 14.1. The number of amides is 2. The number of aromatic nitrogens is 1. The van der Waals surface area contributed by atoms with Crippen LogP contribution in [0.4, 0.5) is 4.79 Å². The lowest BCUT2D eigenvalue weighted by Gasteiger charge is -2.10. The molecule has 40 heavy (non-hydrogen) atoms. The monoisotopic (exact) mass is 574 g/mol. The van der Waals surface area contributed by atoms with Crippen LogP contribution in [0.5, 0.6) is 5.75 Å². The van der Waals surface area contributed by atoms with Crippen LogP contribution < -0.4 is 4.74 Å². The minimum Gasteiger partial charge on any atom is -0.487 e. The first-order chi connectivity index (χ1) is 19.4. The highest BCUT2D eigenvalue weighted by Crippen LogP contribution is 2.28. The van der Waals surface area contributed by atoms with Crippen molar-refractivity contribution in [1.82, 2.24) is 9.88 Å². The molecular weight excluding hydrogens is 548 g/mol. The van der Waals surface area contributed by atoms with E-state index < -0.39 is 18.1 Å². The highest BCUT2D eigenvalue weighted by atomic mass is 35.5. The lowest BCUT2D eigenvalue weighted by molar-refractivity contribution is -0.129. The quantitative estimate of drug-likeness (QED) is 0.181. The van der Waals surface area contributed by atoms with Gasteiger partial charge in [0.2, 0.25) is 0 Å². The molecule has 1 aliphatic rings. The van der Waals surface area contributed by atoms with Crippen molar-refractivity contribution in [2.24, 2.45) is 0 Å². The van der Waals surface area contributed by atoms with Crippen molar-refractivity contribution in [1.29, 1.82) is 0 Å². The molecule has 0 bridgehead atoms. The van der Waals surface area contributed by atoms with Gasteiger partial charge in [-0.25, -0.2) is 14.7 Å². The highest BCUT2D eigenvalue weighted by molar-refractivity contribution is 7.15. The van der Waals surface area contributed by atoms with Crippen molar-refractivity contribution in [3.05, 3.63) is 106 Å². The number of ketones is 1. The van der Waals surface area contributed by atoms with Crippen LogP contribution in [-0.2, 0) is 22.6 Å². The Kier molecular flexibility index (Phi) is 8.57. The topological polar surface area (TPSA) is 85.8 Å². The van der Waals surface area contributed by atoms with Gasteiger partial charge >= 0.3 is 6.09 Å². The minimum atomic E-state index is -0.879. The Bertz CT molecular complexity index is 1500. The second-order valence-corrected chi connectivity index (χ2v) is 11.1. The summed E-state index contributed by atoms with van der Waals surface area (Å²) in [5.74, 6) is -0.0892. The largest absolute Gasteiger partial charge is 0.487 e. The zero-order chi connectivity index (χ0) is 28.1. The number of benzene rings is 3. The molecule has 0 saturated carbocycles. The number of carbonyl (C=O) groups is 3. The molecule has 1 aromatic heterocycles. The number of hydrogen-bond acceptors (Lipinski definition) is 7. The average Bonchev–Trinajstić information content (AvgIpc) is 3.47. The molecule has 1 saturated heterocycles. The van der Waals surface area contributed by atoms with Crippen molar-refractivity contribution in [3.63, 3.8) is 0 Å². The predicted octanol–water partition coefficient (Wildman–Crippen LogP) is 6.90. The van der Waals surface area contributed by atoms with Gasteiger partial charge in [0.25, 0.3) is 5.91 Å². The van der Waals surface area contributed by atoms with Gasteiger partial charge in [-0.15, -0.1) is 11.3 Å². The number of cyclic esters (lactones) is 1. The number of ether oxygens (including phenoxy) is 2. The number of aryl methyl sites for hydroxylation is 2. The lowest BCUT2D eigenvalue weighted by atomic mass is 10.1. The molecule has 5 rings (SSSR count). The van der Waals surface area contributed by atoms with Crippen LogP contribution in [0.1, 0.15) is 39.3 Å². The molecule has 1 aliphatic heterocycles. The third-order valence-corrected chi connectivity index (χ3v) is 7.93. The molecule has 4 aromatic rings. The number of Topliss-reactive ketones (excluding diaryl/α,β-unsaturated/α-hetero) is 1. The Hall–Kier alpha value is -4.01. The lowest BCUT2D eigenvalue weighted by Crippen LogP contribution is -2.36. The SMILES string of the molecule is Cc1sc(-c2ccccc2)nc1COc1ccc(CCC[C@H]2OC(=O)N(CC(=O)c3ccc(Cl)cc3)C2=O)cc1. The van der Waals surface area contributed by atoms with Gasteiger partial charge in [0, 0.05) is 21.0 Å². The van der Waals surface area contributed by atoms with Gasteiger partial charge in [0.15, 0.2) is 11.9 Å².